The lowest BCUT2D eigenvalue weighted by molar-refractivity contribution is -0.412. The van der Waals surface area contributed by atoms with Gasteiger partial charge in [-0.15, -0.1) is 0 Å². The molecule has 37 heavy (non-hydrogen) atoms. The van der Waals surface area contributed by atoms with Gasteiger partial charge in [0, 0.05) is 11.1 Å². The van der Waals surface area contributed by atoms with Gasteiger partial charge in [0.15, 0.2) is 25.2 Å². The Morgan fingerprint density at radius 2 is 0.946 bits per heavy atom. The van der Waals surface area contributed by atoms with Crippen LogP contribution < -0.4 is 0 Å². The molecule has 4 N–H and O–H groups in total. The van der Waals surface area contributed by atoms with Gasteiger partial charge in [0.05, 0.1) is 13.2 Å². The van der Waals surface area contributed by atoms with Crippen molar-refractivity contribution in [3.05, 3.63) is 71.8 Å². The van der Waals surface area contributed by atoms with E-state index in [0.29, 0.717) is 0 Å². The maximum Gasteiger partial charge on any atom is 0.189 e. The van der Waals surface area contributed by atoms with E-state index >= 15 is 0 Å². The van der Waals surface area contributed by atoms with Crippen LogP contribution in [0.25, 0.3) is 0 Å². The molecule has 0 amide bonds. The highest BCUT2D eigenvalue weighted by atomic mass is 16.8. The van der Waals surface area contributed by atoms with Crippen molar-refractivity contribution < 1.29 is 53.6 Å². The smallest absolute Gasteiger partial charge is 0.189 e. The molecule has 2 aromatic rings. The molecule has 11 heteroatoms. The predicted molar refractivity (Wildman–Crippen MR) is 122 cm³/mol. The third-order valence-corrected chi connectivity index (χ3v) is 7.08. The lowest BCUT2D eigenvalue weighted by atomic mass is 9.96. The number of rotatable bonds is 4. The zero-order chi connectivity index (χ0) is 25.5. The van der Waals surface area contributed by atoms with Crippen LogP contribution in [0.1, 0.15) is 23.7 Å². The third-order valence-electron chi connectivity index (χ3n) is 7.08. The molecule has 0 bridgehead atoms. The average Bonchev–Trinajstić information content (AvgIpc) is 2.95. The number of aliphatic hydroxyl groups excluding tert-OH is 4. The van der Waals surface area contributed by atoms with Crippen LogP contribution in [-0.4, -0.2) is 95.1 Å². The molecule has 12 atom stereocenters. The molecule has 4 aliphatic rings. The van der Waals surface area contributed by atoms with Crippen LogP contribution in [0.4, 0.5) is 0 Å². The Labute approximate surface area is 213 Å². The summed E-state index contributed by atoms with van der Waals surface area (Å²) in [5.41, 5.74) is 1.55. The van der Waals surface area contributed by atoms with Gasteiger partial charge < -0.3 is 53.6 Å². The Morgan fingerprint density at radius 1 is 0.541 bits per heavy atom. The number of benzene rings is 2. The molecule has 4 saturated heterocycles. The Hall–Kier alpha value is -2.00. The van der Waals surface area contributed by atoms with Crippen molar-refractivity contribution in [3.63, 3.8) is 0 Å². The Morgan fingerprint density at radius 3 is 1.35 bits per heavy atom. The van der Waals surface area contributed by atoms with Crippen LogP contribution in [0, 0.1) is 0 Å². The van der Waals surface area contributed by atoms with Crippen molar-refractivity contribution in [1.82, 2.24) is 0 Å². The first-order valence-corrected chi connectivity index (χ1v) is 12.3. The summed E-state index contributed by atoms with van der Waals surface area (Å²) in [4.78, 5) is 0. The highest BCUT2D eigenvalue weighted by Crippen LogP contribution is 2.37. The molecule has 4 heterocycles. The number of ether oxygens (including phenoxy) is 7. The molecule has 0 unspecified atom stereocenters. The van der Waals surface area contributed by atoms with Gasteiger partial charge in [0.2, 0.25) is 0 Å². The highest BCUT2D eigenvalue weighted by molar-refractivity contribution is 5.17. The van der Waals surface area contributed by atoms with Crippen molar-refractivity contribution in [2.75, 3.05) is 13.2 Å². The zero-order valence-electron chi connectivity index (χ0n) is 19.8. The summed E-state index contributed by atoms with van der Waals surface area (Å²) >= 11 is 0. The number of aliphatic hydroxyl groups is 4. The van der Waals surface area contributed by atoms with Gasteiger partial charge in [-0.05, 0) is 0 Å². The quantitative estimate of drug-likeness (QED) is 0.438. The first kappa shape index (κ1) is 25.3. The third kappa shape index (κ3) is 4.93. The molecular weight excluding hydrogens is 488 g/mol. The number of fused-ring (bicyclic) bond motifs is 2. The SMILES string of the molecule is O[C@@H]1[C@H](O[C@@H]2O[C@@H]3CO[C@H](c4ccccc4)O[C@H]3[C@H](O)[C@@H]2O)O[C@@H]2CO[C@H](c3ccccc3)O[C@@H]2[C@@H]1O. The lowest BCUT2D eigenvalue weighted by Crippen LogP contribution is -2.66. The number of hydrogen-bond acceptors (Lipinski definition) is 11. The minimum Gasteiger partial charge on any atom is -0.387 e. The standard InChI is InChI=1S/C26H30O11/c27-17-19(29)25(33-15-11-31-23(35-21(15)17)13-7-3-1-4-8-13)37-26-20(30)18(28)22-16(34-26)12-32-24(36-22)14-9-5-2-6-10-14/h1-10,15-30H,11-12H2/t15-,16-,17-,18-,19+,20+,21-,22+,23+,24+,25+,26+/m1/s1. The molecule has 0 radical (unpaired) electrons. The topological polar surface area (TPSA) is 146 Å². The molecule has 4 fully saturated rings. The van der Waals surface area contributed by atoms with Gasteiger partial charge in [-0.3, -0.25) is 0 Å². The first-order chi connectivity index (χ1) is 18.0. The van der Waals surface area contributed by atoms with Gasteiger partial charge in [-0.1, -0.05) is 60.7 Å². The molecule has 6 rings (SSSR count). The van der Waals surface area contributed by atoms with Crippen molar-refractivity contribution in [2.45, 2.75) is 74.0 Å². The highest BCUT2D eigenvalue weighted by Gasteiger charge is 2.53. The van der Waals surface area contributed by atoms with Gasteiger partial charge in [-0.25, -0.2) is 0 Å². The lowest BCUT2D eigenvalue weighted by Gasteiger charge is -2.49. The van der Waals surface area contributed by atoms with E-state index in [-0.39, 0.29) is 13.2 Å². The predicted octanol–water partition coefficient (Wildman–Crippen LogP) is 0.125. The van der Waals surface area contributed by atoms with Gasteiger partial charge in [-0.2, -0.15) is 0 Å². The molecular formula is C26H30O11. The molecule has 2 aromatic carbocycles. The molecule has 11 nitrogen and oxygen atoms in total. The van der Waals surface area contributed by atoms with Crippen LogP contribution >= 0.6 is 0 Å². The Bertz CT molecular complexity index is 940. The molecule has 0 saturated carbocycles. The molecule has 4 aliphatic heterocycles. The van der Waals surface area contributed by atoms with Crippen molar-refractivity contribution >= 4 is 0 Å². The Balaban J connectivity index is 1.09. The fourth-order valence-corrected chi connectivity index (χ4v) is 5.07. The van der Waals surface area contributed by atoms with E-state index < -0.39 is 74.0 Å². The average molecular weight is 519 g/mol. The van der Waals surface area contributed by atoms with E-state index in [1.165, 1.54) is 0 Å². The maximum atomic E-state index is 10.8. The normalized spacial score (nSPS) is 44.0. The van der Waals surface area contributed by atoms with Gasteiger partial charge >= 0.3 is 0 Å². The van der Waals surface area contributed by atoms with E-state index in [1.807, 2.05) is 60.7 Å². The largest absolute Gasteiger partial charge is 0.387 e. The molecule has 0 spiro atoms. The van der Waals surface area contributed by atoms with E-state index in [2.05, 4.69) is 0 Å². The summed E-state index contributed by atoms with van der Waals surface area (Å²) < 4.78 is 40.7. The second-order valence-electron chi connectivity index (χ2n) is 9.54. The summed E-state index contributed by atoms with van der Waals surface area (Å²) in [6.45, 7) is 0.162. The second-order valence-corrected chi connectivity index (χ2v) is 9.54. The van der Waals surface area contributed by atoms with Crippen molar-refractivity contribution in [1.29, 1.82) is 0 Å². The van der Waals surface area contributed by atoms with Crippen LogP contribution in [0.3, 0.4) is 0 Å². The molecule has 0 aromatic heterocycles. The van der Waals surface area contributed by atoms with Crippen molar-refractivity contribution in [3.8, 4) is 0 Å². The van der Waals surface area contributed by atoms with Crippen molar-refractivity contribution in [2.24, 2.45) is 0 Å². The maximum absolute atomic E-state index is 10.8. The summed E-state index contributed by atoms with van der Waals surface area (Å²) in [6, 6.07) is 18.5. The second kappa shape index (κ2) is 10.6. The fraction of sp³-hybridized carbons (Fsp3) is 0.538. The minimum atomic E-state index is -1.51. The minimum absolute atomic E-state index is 0.0812. The number of hydrogen-bond donors (Lipinski definition) is 4. The monoisotopic (exact) mass is 518 g/mol. The summed E-state index contributed by atoms with van der Waals surface area (Å²) in [5.74, 6) is 0. The first-order valence-electron chi connectivity index (χ1n) is 12.3. The van der Waals surface area contributed by atoms with E-state index in [9.17, 15) is 20.4 Å². The summed E-state index contributed by atoms with van der Waals surface area (Å²) in [5, 5.41) is 43.1. The fourth-order valence-electron chi connectivity index (χ4n) is 5.07. The Kier molecular flexibility index (Phi) is 7.27. The summed E-state index contributed by atoms with van der Waals surface area (Å²) in [6.07, 6.45) is -13.1. The van der Waals surface area contributed by atoms with Crippen LogP contribution in [0.2, 0.25) is 0 Å². The summed E-state index contributed by atoms with van der Waals surface area (Å²) in [7, 11) is 0. The molecule has 200 valence electrons. The van der Waals surface area contributed by atoms with E-state index in [1.54, 1.807) is 0 Å². The van der Waals surface area contributed by atoms with Crippen LogP contribution in [0.15, 0.2) is 60.7 Å². The molecule has 0 aliphatic carbocycles. The van der Waals surface area contributed by atoms with E-state index in [4.69, 9.17) is 33.2 Å². The van der Waals surface area contributed by atoms with Crippen LogP contribution in [0.5, 0.6) is 0 Å². The zero-order valence-corrected chi connectivity index (χ0v) is 19.8. The van der Waals surface area contributed by atoms with Gasteiger partial charge in [0.25, 0.3) is 0 Å². The van der Waals surface area contributed by atoms with Gasteiger partial charge in [0.1, 0.15) is 48.8 Å². The van der Waals surface area contributed by atoms with E-state index in [0.717, 1.165) is 11.1 Å². The van der Waals surface area contributed by atoms with Crippen LogP contribution in [-0.2, 0) is 33.2 Å².